The molecule has 0 aliphatic carbocycles. The first kappa shape index (κ1) is 15.6. The molecule has 0 saturated carbocycles. The average molecular weight is 330 g/mol. The highest BCUT2D eigenvalue weighted by Crippen LogP contribution is 2.31. The first-order chi connectivity index (χ1) is 10.4. The Kier molecular flexibility index (Phi) is 4.29. The van der Waals surface area contributed by atoms with Crippen molar-refractivity contribution < 1.29 is 13.6 Å². The van der Waals surface area contributed by atoms with E-state index in [2.05, 4.69) is 15.1 Å². The van der Waals surface area contributed by atoms with Crippen LogP contribution in [0.4, 0.5) is 13.9 Å². The van der Waals surface area contributed by atoms with Crippen LogP contribution in [0.5, 0.6) is 0 Å². The lowest BCUT2D eigenvalue weighted by Crippen LogP contribution is -2.47. The monoisotopic (exact) mass is 330 g/mol. The number of aryl methyl sites for hydroxylation is 1. The summed E-state index contributed by atoms with van der Waals surface area (Å²) < 4.78 is 26.3. The average Bonchev–Trinajstić information content (AvgIpc) is 2.93. The zero-order chi connectivity index (χ0) is 15.7. The van der Waals surface area contributed by atoms with Crippen LogP contribution in [0.1, 0.15) is 30.7 Å². The van der Waals surface area contributed by atoms with E-state index >= 15 is 0 Å². The normalized spacial score (nSPS) is 22.9. The lowest BCUT2D eigenvalue weighted by atomic mass is 9.94. The Labute approximate surface area is 132 Å². The van der Waals surface area contributed by atoms with Gasteiger partial charge in [-0.05, 0) is 19.8 Å². The number of halogens is 2. The molecule has 22 heavy (non-hydrogen) atoms. The van der Waals surface area contributed by atoms with Crippen molar-refractivity contribution in [2.75, 3.05) is 31.1 Å². The van der Waals surface area contributed by atoms with Gasteiger partial charge in [0.1, 0.15) is 5.01 Å². The van der Waals surface area contributed by atoms with Crippen LogP contribution in [0.3, 0.4) is 0 Å². The molecule has 1 amide bonds. The molecule has 0 radical (unpaired) electrons. The standard InChI is InChI=1S/C14H20F2N4OS/c1-10-17-18-13(22-10)20-6-2-11(3-7-20)12(21)19-8-4-14(15,16)5-9-19/h11H,2-9H2,1H3. The van der Waals surface area contributed by atoms with Gasteiger partial charge >= 0.3 is 0 Å². The van der Waals surface area contributed by atoms with E-state index in [1.165, 1.54) is 0 Å². The number of aromatic nitrogens is 2. The van der Waals surface area contributed by atoms with Gasteiger partial charge in [0.25, 0.3) is 5.92 Å². The molecule has 2 aliphatic heterocycles. The highest BCUT2D eigenvalue weighted by molar-refractivity contribution is 7.15. The van der Waals surface area contributed by atoms with E-state index in [-0.39, 0.29) is 37.8 Å². The van der Waals surface area contributed by atoms with E-state index in [1.807, 2.05) is 6.92 Å². The van der Waals surface area contributed by atoms with Crippen LogP contribution in [0.15, 0.2) is 0 Å². The molecule has 0 aromatic carbocycles. The Morgan fingerprint density at radius 2 is 1.82 bits per heavy atom. The summed E-state index contributed by atoms with van der Waals surface area (Å²) >= 11 is 1.56. The Morgan fingerprint density at radius 1 is 1.18 bits per heavy atom. The van der Waals surface area contributed by atoms with Gasteiger partial charge in [-0.25, -0.2) is 8.78 Å². The van der Waals surface area contributed by atoms with Crippen LogP contribution < -0.4 is 4.90 Å². The van der Waals surface area contributed by atoms with Crippen LogP contribution in [0, 0.1) is 12.8 Å². The third-order valence-electron chi connectivity index (χ3n) is 4.44. The molecule has 3 rings (SSSR count). The van der Waals surface area contributed by atoms with Gasteiger partial charge in [-0.3, -0.25) is 4.79 Å². The van der Waals surface area contributed by atoms with Crippen LogP contribution >= 0.6 is 11.3 Å². The summed E-state index contributed by atoms with van der Waals surface area (Å²) in [7, 11) is 0. The summed E-state index contributed by atoms with van der Waals surface area (Å²) in [6.07, 6.45) is 1.10. The number of nitrogens with zero attached hydrogens (tertiary/aromatic N) is 4. The van der Waals surface area contributed by atoms with E-state index in [1.54, 1.807) is 16.2 Å². The van der Waals surface area contributed by atoms with E-state index in [9.17, 15) is 13.6 Å². The van der Waals surface area contributed by atoms with Crippen molar-refractivity contribution in [3.63, 3.8) is 0 Å². The summed E-state index contributed by atoms with van der Waals surface area (Å²) in [5, 5.41) is 9.98. The number of piperidine rings is 2. The van der Waals surface area contributed by atoms with Crippen LogP contribution in [0.25, 0.3) is 0 Å². The first-order valence-electron chi connectivity index (χ1n) is 7.66. The summed E-state index contributed by atoms with van der Waals surface area (Å²) in [4.78, 5) is 16.2. The first-order valence-corrected chi connectivity index (χ1v) is 8.48. The highest BCUT2D eigenvalue weighted by Gasteiger charge is 2.38. The molecule has 8 heteroatoms. The molecular weight excluding hydrogens is 310 g/mol. The van der Waals surface area contributed by atoms with Crippen molar-refractivity contribution >= 4 is 22.4 Å². The van der Waals surface area contributed by atoms with Gasteiger partial charge in [0.15, 0.2) is 0 Å². The fraction of sp³-hybridized carbons (Fsp3) is 0.786. The summed E-state index contributed by atoms with van der Waals surface area (Å²) in [6.45, 7) is 3.83. The summed E-state index contributed by atoms with van der Waals surface area (Å²) in [5.41, 5.74) is 0. The number of hydrogen-bond donors (Lipinski definition) is 0. The van der Waals surface area contributed by atoms with Gasteiger partial charge in [0, 0.05) is 44.9 Å². The van der Waals surface area contributed by atoms with Gasteiger partial charge in [0.05, 0.1) is 0 Å². The molecule has 0 unspecified atom stereocenters. The van der Waals surface area contributed by atoms with E-state index in [0.717, 1.165) is 36.1 Å². The third-order valence-corrected chi connectivity index (χ3v) is 5.34. The van der Waals surface area contributed by atoms with Crippen molar-refractivity contribution in [2.45, 2.75) is 38.5 Å². The van der Waals surface area contributed by atoms with Crippen LogP contribution in [-0.4, -0.2) is 53.1 Å². The maximum atomic E-state index is 13.2. The van der Waals surface area contributed by atoms with Gasteiger partial charge in [-0.1, -0.05) is 11.3 Å². The van der Waals surface area contributed by atoms with Gasteiger partial charge < -0.3 is 9.80 Å². The molecule has 2 aliphatic rings. The maximum absolute atomic E-state index is 13.2. The fourth-order valence-corrected chi connectivity index (χ4v) is 3.78. The van der Waals surface area contributed by atoms with Crippen molar-refractivity contribution in [3.05, 3.63) is 5.01 Å². The zero-order valence-electron chi connectivity index (χ0n) is 12.6. The smallest absolute Gasteiger partial charge is 0.251 e. The summed E-state index contributed by atoms with van der Waals surface area (Å²) in [5.74, 6) is -2.60. The summed E-state index contributed by atoms with van der Waals surface area (Å²) in [6, 6.07) is 0. The predicted octanol–water partition coefficient (Wildman–Crippen LogP) is 2.32. The zero-order valence-corrected chi connectivity index (χ0v) is 13.4. The second-order valence-electron chi connectivity index (χ2n) is 6.05. The van der Waals surface area contributed by atoms with E-state index in [0.29, 0.717) is 0 Å². The Hall–Kier alpha value is -1.31. The minimum Gasteiger partial charge on any atom is -0.347 e. The molecule has 0 N–H and O–H groups in total. The molecule has 0 bridgehead atoms. The number of carbonyl (C=O) groups excluding carboxylic acids is 1. The highest BCUT2D eigenvalue weighted by atomic mass is 32.1. The maximum Gasteiger partial charge on any atom is 0.251 e. The molecule has 122 valence electrons. The quantitative estimate of drug-likeness (QED) is 0.835. The molecule has 0 spiro atoms. The number of anilines is 1. The SMILES string of the molecule is Cc1nnc(N2CCC(C(=O)N3CCC(F)(F)CC3)CC2)s1. The molecule has 5 nitrogen and oxygen atoms in total. The number of alkyl halides is 2. The van der Waals surface area contributed by atoms with Gasteiger partial charge in [-0.2, -0.15) is 0 Å². The molecule has 3 heterocycles. The van der Waals surface area contributed by atoms with E-state index < -0.39 is 5.92 Å². The van der Waals surface area contributed by atoms with E-state index in [4.69, 9.17) is 0 Å². The van der Waals surface area contributed by atoms with Crippen molar-refractivity contribution in [1.29, 1.82) is 0 Å². The Bertz CT molecular complexity index is 533. The van der Waals surface area contributed by atoms with Crippen LogP contribution in [-0.2, 0) is 4.79 Å². The predicted molar refractivity (Wildman–Crippen MR) is 80.3 cm³/mol. The molecule has 2 saturated heterocycles. The molecule has 1 aromatic rings. The number of carbonyl (C=O) groups is 1. The minimum absolute atomic E-state index is 0.0445. The lowest BCUT2D eigenvalue weighted by Gasteiger charge is -2.37. The van der Waals surface area contributed by atoms with Crippen molar-refractivity contribution in [3.8, 4) is 0 Å². The van der Waals surface area contributed by atoms with Crippen LogP contribution in [0.2, 0.25) is 0 Å². The second-order valence-corrected chi connectivity index (χ2v) is 7.21. The van der Waals surface area contributed by atoms with Crippen molar-refractivity contribution in [2.24, 2.45) is 5.92 Å². The molecule has 1 aromatic heterocycles. The minimum atomic E-state index is -2.60. The molecular formula is C14H20F2N4OS. The fourth-order valence-electron chi connectivity index (χ4n) is 3.04. The topological polar surface area (TPSA) is 49.3 Å². The largest absolute Gasteiger partial charge is 0.347 e. The number of amides is 1. The number of likely N-dealkylation sites (tertiary alicyclic amines) is 1. The Morgan fingerprint density at radius 3 is 2.36 bits per heavy atom. The third kappa shape index (κ3) is 3.37. The lowest BCUT2D eigenvalue weighted by molar-refractivity contribution is -0.142. The molecule has 0 atom stereocenters. The van der Waals surface area contributed by atoms with Gasteiger partial charge in [0.2, 0.25) is 11.0 Å². The molecule has 2 fully saturated rings. The number of hydrogen-bond acceptors (Lipinski definition) is 5. The van der Waals surface area contributed by atoms with Crippen molar-refractivity contribution in [1.82, 2.24) is 15.1 Å². The second kappa shape index (κ2) is 6.06. The number of rotatable bonds is 2. The van der Waals surface area contributed by atoms with Gasteiger partial charge in [-0.15, -0.1) is 10.2 Å². The Balaban J connectivity index is 1.52.